The standard InChI is InChI=1S/C24H18F2N2O5S/c1-32-23(30)18-17(13-8-4-6-10-15(13)26)19(24(31)33-2)22-28(20(18)27)21(29)16(34-22)11-12-7-3-5-9-14(12)25/h3-11,17-18,27H,1-2H3/b16-11+,27-20?. The Balaban J connectivity index is 2.14. The molecule has 3 aromatic rings. The molecular formula is C24H18F2N2O5S. The summed E-state index contributed by atoms with van der Waals surface area (Å²) in [7, 11) is 2.21. The zero-order valence-corrected chi connectivity index (χ0v) is 18.8. The number of carbonyl (C=O) groups is 2. The highest BCUT2D eigenvalue weighted by Crippen LogP contribution is 2.38. The molecule has 1 aliphatic rings. The lowest BCUT2D eigenvalue weighted by molar-refractivity contribution is -0.143. The van der Waals surface area contributed by atoms with E-state index in [2.05, 4.69) is 0 Å². The Morgan fingerprint density at radius 1 is 1.03 bits per heavy atom. The number of carbonyl (C=O) groups excluding carboxylic acids is 2. The minimum Gasteiger partial charge on any atom is -0.468 e. The summed E-state index contributed by atoms with van der Waals surface area (Å²) in [5, 5.41) is 8.67. The van der Waals surface area contributed by atoms with E-state index in [1.807, 2.05) is 0 Å². The molecule has 34 heavy (non-hydrogen) atoms. The van der Waals surface area contributed by atoms with Crippen molar-refractivity contribution in [1.82, 2.24) is 4.57 Å². The number of aromatic nitrogens is 1. The normalized spacial score (nSPS) is 17.9. The van der Waals surface area contributed by atoms with Crippen molar-refractivity contribution < 1.29 is 27.8 Å². The molecule has 2 heterocycles. The Bertz CT molecular complexity index is 1510. The number of methoxy groups -OCH3 is 2. The number of ether oxygens (including phenoxy) is 2. The Kier molecular flexibility index (Phi) is 6.25. The van der Waals surface area contributed by atoms with Crippen molar-refractivity contribution in [3.05, 3.63) is 90.8 Å². The molecule has 10 heteroatoms. The highest BCUT2D eigenvalue weighted by molar-refractivity contribution is 7.07. The van der Waals surface area contributed by atoms with Crippen LogP contribution in [-0.2, 0) is 19.1 Å². The number of benzene rings is 2. The third-order valence-corrected chi connectivity index (χ3v) is 6.63. The van der Waals surface area contributed by atoms with Crippen molar-refractivity contribution in [2.45, 2.75) is 5.92 Å². The number of halogens is 2. The van der Waals surface area contributed by atoms with Gasteiger partial charge in [-0.1, -0.05) is 36.4 Å². The first-order chi connectivity index (χ1) is 16.3. The summed E-state index contributed by atoms with van der Waals surface area (Å²) in [6.45, 7) is 0. The number of hydrogen-bond donors (Lipinski definition) is 1. The largest absolute Gasteiger partial charge is 0.468 e. The molecule has 0 fully saturated rings. The minimum absolute atomic E-state index is 0.00199. The van der Waals surface area contributed by atoms with Crippen molar-refractivity contribution in [1.29, 1.82) is 5.41 Å². The predicted octanol–water partition coefficient (Wildman–Crippen LogP) is 1.75. The number of rotatable bonds is 4. The summed E-state index contributed by atoms with van der Waals surface area (Å²) >= 11 is 0.822. The van der Waals surface area contributed by atoms with Crippen LogP contribution in [0.3, 0.4) is 0 Å². The summed E-state index contributed by atoms with van der Waals surface area (Å²) in [5.41, 5.74) is -0.806. The van der Waals surface area contributed by atoms with Crippen LogP contribution < -0.4 is 14.8 Å². The molecule has 0 bridgehead atoms. The molecular weight excluding hydrogens is 466 g/mol. The summed E-state index contributed by atoms with van der Waals surface area (Å²) in [6.07, 6.45) is 1.29. The molecule has 0 saturated heterocycles. The van der Waals surface area contributed by atoms with Gasteiger partial charge in [-0.3, -0.25) is 19.6 Å². The lowest BCUT2D eigenvalue weighted by Gasteiger charge is -2.31. The van der Waals surface area contributed by atoms with Gasteiger partial charge >= 0.3 is 11.9 Å². The van der Waals surface area contributed by atoms with Crippen molar-refractivity contribution in [2.75, 3.05) is 14.2 Å². The number of esters is 2. The first-order valence-electron chi connectivity index (χ1n) is 10.0. The van der Waals surface area contributed by atoms with Crippen LogP contribution in [0.5, 0.6) is 0 Å². The zero-order chi connectivity index (χ0) is 24.6. The third-order valence-electron chi connectivity index (χ3n) is 5.53. The fourth-order valence-corrected chi connectivity index (χ4v) is 5.14. The molecule has 1 aromatic heterocycles. The van der Waals surface area contributed by atoms with Gasteiger partial charge in [0.15, 0.2) is 0 Å². The molecule has 7 nitrogen and oxygen atoms in total. The molecule has 4 rings (SSSR count). The second-order valence-corrected chi connectivity index (χ2v) is 8.40. The molecule has 0 saturated carbocycles. The van der Waals surface area contributed by atoms with Gasteiger partial charge in [-0.15, -0.1) is 11.3 Å². The highest BCUT2D eigenvalue weighted by atomic mass is 32.1. The van der Waals surface area contributed by atoms with Gasteiger partial charge in [-0.25, -0.2) is 13.6 Å². The van der Waals surface area contributed by atoms with E-state index < -0.39 is 46.8 Å². The highest BCUT2D eigenvalue weighted by Gasteiger charge is 2.46. The number of fused-ring (bicyclic) bond motifs is 1. The van der Waals surface area contributed by atoms with E-state index in [1.54, 1.807) is 6.07 Å². The summed E-state index contributed by atoms with van der Waals surface area (Å²) in [6, 6.07) is 11.3. The van der Waals surface area contributed by atoms with Gasteiger partial charge in [0, 0.05) is 11.5 Å². The third kappa shape index (κ3) is 3.75. The van der Waals surface area contributed by atoms with Crippen LogP contribution in [0.2, 0.25) is 0 Å². The predicted molar refractivity (Wildman–Crippen MR) is 121 cm³/mol. The molecule has 2 atom stereocenters. The van der Waals surface area contributed by atoms with Gasteiger partial charge < -0.3 is 9.47 Å². The van der Waals surface area contributed by atoms with Gasteiger partial charge in [0.2, 0.25) is 0 Å². The Hall–Kier alpha value is -3.92. The zero-order valence-electron chi connectivity index (χ0n) is 18.0. The van der Waals surface area contributed by atoms with E-state index >= 15 is 0 Å². The van der Waals surface area contributed by atoms with E-state index in [0.29, 0.717) is 0 Å². The van der Waals surface area contributed by atoms with Gasteiger partial charge in [0.25, 0.3) is 5.56 Å². The molecule has 0 spiro atoms. The maximum atomic E-state index is 14.9. The van der Waals surface area contributed by atoms with Crippen molar-refractivity contribution in [3.8, 4) is 0 Å². The van der Waals surface area contributed by atoms with Crippen molar-refractivity contribution >= 4 is 40.8 Å². The topological polar surface area (TPSA) is 98.5 Å². The number of nitrogens with one attached hydrogen (secondary N) is 1. The fraction of sp³-hybridized carbons (Fsp3) is 0.167. The van der Waals surface area contributed by atoms with Gasteiger partial charge in [-0.2, -0.15) is 0 Å². The van der Waals surface area contributed by atoms with Crippen LogP contribution in [0.15, 0.2) is 53.3 Å². The summed E-state index contributed by atoms with van der Waals surface area (Å²) in [5.74, 6) is -6.38. The maximum absolute atomic E-state index is 14.9. The smallest absolute Gasteiger partial charge is 0.337 e. The number of nitrogens with zero attached hydrogens (tertiary/aromatic N) is 1. The molecule has 1 aliphatic heterocycles. The van der Waals surface area contributed by atoms with E-state index in [9.17, 15) is 23.2 Å². The van der Waals surface area contributed by atoms with Crippen LogP contribution >= 0.6 is 11.3 Å². The van der Waals surface area contributed by atoms with Crippen LogP contribution in [0.1, 0.15) is 17.0 Å². The van der Waals surface area contributed by atoms with Crippen molar-refractivity contribution in [3.63, 3.8) is 0 Å². The number of thiazole rings is 1. The van der Waals surface area contributed by atoms with Crippen LogP contribution in [0.4, 0.5) is 8.78 Å². The molecule has 1 N–H and O–H groups in total. The average Bonchev–Trinajstić information content (AvgIpc) is 3.15. The lowest BCUT2D eigenvalue weighted by Crippen LogP contribution is -2.50. The van der Waals surface area contributed by atoms with Crippen LogP contribution in [-0.4, -0.2) is 36.6 Å². The molecule has 0 radical (unpaired) electrons. The van der Waals surface area contributed by atoms with E-state index in [0.717, 1.165) is 36.2 Å². The Labute approximate surface area is 195 Å². The second-order valence-electron chi connectivity index (χ2n) is 7.37. The molecule has 2 aromatic carbocycles. The summed E-state index contributed by atoms with van der Waals surface area (Å²) < 4.78 is 39.8. The monoisotopic (exact) mass is 484 g/mol. The van der Waals surface area contributed by atoms with E-state index in [4.69, 9.17) is 14.9 Å². The van der Waals surface area contributed by atoms with Gasteiger partial charge in [0.05, 0.1) is 24.3 Å². The van der Waals surface area contributed by atoms with E-state index in [1.165, 1.54) is 42.5 Å². The quantitative estimate of drug-likeness (QED) is 0.569. The average molecular weight is 484 g/mol. The SMILES string of the molecule is COC(=O)C1=c2s/c(=C/c3ccccc3F)c(=O)n2C(=N)C(C(=O)OC)C1c1ccccc1F. The molecule has 0 aliphatic carbocycles. The first kappa shape index (κ1) is 23.2. The molecule has 2 unspecified atom stereocenters. The van der Waals surface area contributed by atoms with Crippen LogP contribution in [0.25, 0.3) is 11.6 Å². The number of hydrogen-bond acceptors (Lipinski definition) is 7. The van der Waals surface area contributed by atoms with E-state index in [-0.39, 0.29) is 25.9 Å². The maximum Gasteiger partial charge on any atom is 0.337 e. The fourth-order valence-electron chi connectivity index (χ4n) is 3.97. The second kappa shape index (κ2) is 9.14. The Morgan fingerprint density at radius 3 is 2.29 bits per heavy atom. The molecule has 174 valence electrons. The minimum atomic E-state index is -1.50. The van der Waals surface area contributed by atoms with Gasteiger partial charge in [0.1, 0.15) is 28.1 Å². The first-order valence-corrected chi connectivity index (χ1v) is 10.8. The van der Waals surface area contributed by atoms with Crippen molar-refractivity contribution in [2.24, 2.45) is 5.92 Å². The summed E-state index contributed by atoms with van der Waals surface area (Å²) in [4.78, 5) is 39.0. The lowest BCUT2D eigenvalue weighted by atomic mass is 9.78. The molecule has 0 amide bonds. The van der Waals surface area contributed by atoms with Gasteiger partial charge in [-0.05, 0) is 23.8 Å². The Morgan fingerprint density at radius 2 is 1.68 bits per heavy atom. The van der Waals surface area contributed by atoms with Crippen LogP contribution in [0, 0.1) is 23.0 Å².